The van der Waals surface area contributed by atoms with E-state index in [-0.39, 0.29) is 23.6 Å². The van der Waals surface area contributed by atoms with Crippen molar-refractivity contribution < 1.29 is 18.0 Å². The van der Waals surface area contributed by atoms with E-state index in [0.29, 0.717) is 42.0 Å². The van der Waals surface area contributed by atoms with Gasteiger partial charge in [-0.3, -0.25) is 4.40 Å². The third kappa shape index (κ3) is 4.65. The fraction of sp³-hybridized carbons (Fsp3) is 0.185. The van der Waals surface area contributed by atoms with Crippen LogP contribution < -0.4 is 10.6 Å². The number of amides is 2. The second-order valence-corrected chi connectivity index (χ2v) is 8.98. The van der Waals surface area contributed by atoms with Crippen molar-refractivity contribution in [2.75, 3.05) is 23.7 Å². The zero-order valence-electron chi connectivity index (χ0n) is 20.1. The summed E-state index contributed by atoms with van der Waals surface area (Å²) in [6.45, 7) is 0.974. The Labute approximate surface area is 216 Å². The third-order valence-electron chi connectivity index (χ3n) is 6.44. The van der Waals surface area contributed by atoms with Gasteiger partial charge in [-0.25, -0.2) is 23.5 Å². The maximum atomic E-state index is 14.0. The van der Waals surface area contributed by atoms with Gasteiger partial charge in [0.25, 0.3) is 0 Å². The summed E-state index contributed by atoms with van der Waals surface area (Å²) < 4.78 is 34.8. The van der Waals surface area contributed by atoms with Gasteiger partial charge < -0.3 is 20.0 Å². The molecule has 9 nitrogen and oxygen atoms in total. The average Bonchev–Trinajstić information content (AvgIpc) is 3.52. The van der Waals surface area contributed by atoms with Crippen LogP contribution >= 0.6 is 0 Å². The van der Waals surface area contributed by atoms with E-state index in [1.165, 1.54) is 30.5 Å². The van der Waals surface area contributed by atoms with Crippen LogP contribution in [0.15, 0.2) is 77.7 Å². The molecular weight excluding hydrogens is 492 g/mol. The molecule has 1 atom stereocenters. The summed E-state index contributed by atoms with van der Waals surface area (Å²) in [4.78, 5) is 28.1. The number of anilines is 2. The number of imidazole rings is 1. The fourth-order valence-corrected chi connectivity index (χ4v) is 4.62. The van der Waals surface area contributed by atoms with Gasteiger partial charge in [0.1, 0.15) is 29.3 Å². The van der Waals surface area contributed by atoms with Gasteiger partial charge in [-0.2, -0.15) is 4.98 Å². The number of hydrogen-bond acceptors (Lipinski definition) is 6. The maximum absolute atomic E-state index is 14.0. The van der Waals surface area contributed by atoms with Crippen LogP contribution in [0.5, 0.6) is 0 Å². The van der Waals surface area contributed by atoms with Crippen LogP contribution in [0, 0.1) is 11.6 Å². The minimum absolute atomic E-state index is 0.0960. The minimum atomic E-state index is -0.482. The molecule has 0 spiro atoms. The number of carbonyl (C=O) groups excluding carboxylic acids is 1. The third-order valence-corrected chi connectivity index (χ3v) is 6.44. The van der Waals surface area contributed by atoms with E-state index in [1.54, 1.807) is 52.0 Å². The van der Waals surface area contributed by atoms with Gasteiger partial charge >= 0.3 is 11.9 Å². The highest BCUT2D eigenvalue weighted by atomic mass is 19.1. The molecule has 1 aliphatic heterocycles. The number of halogens is 2. The zero-order chi connectivity index (χ0) is 26.1. The summed E-state index contributed by atoms with van der Waals surface area (Å²) in [5.74, 6) is -0.0382. The summed E-state index contributed by atoms with van der Waals surface area (Å²) in [6.07, 6.45) is 6.51. The number of likely N-dealkylation sites (tertiary alicyclic amines) is 1. The minimum Gasteiger partial charge on any atom is -0.432 e. The van der Waals surface area contributed by atoms with Gasteiger partial charge in [0, 0.05) is 37.1 Å². The van der Waals surface area contributed by atoms with E-state index >= 15 is 0 Å². The second-order valence-electron chi connectivity index (χ2n) is 8.98. The Morgan fingerprint density at radius 3 is 2.74 bits per heavy atom. The number of para-hydroxylation sites is 1. The molecule has 0 saturated carbocycles. The van der Waals surface area contributed by atoms with Crippen molar-refractivity contribution in [3.8, 4) is 22.6 Å². The van der Waals surface area contributed by atoms with Gasteiger partial charge in [0.2, 0.25) is 5.95 Å². The standard InChI is InChI=1S/C27H23F2N7O2/c28-18-9-7-17(8-10-18)23-24(36-14-15-38-27(36)34-23)22-11-12-30-25(32-22)31-19-4-3-13-35(16-19)26(37)33-21-6-2-1-5-20(21)29/h1-2,5-12,14-15,19H,3-4,13,16H2,(H,33,37)(H,30,31,32)/t19-/m1/s1. The summed E-state index contributed by atoms with van der Waals surface area (Å²) in [5, 5.41) is 5.97. The van der Waals surface area contributed by atoms with Crippen molar-refractivity contribution in [1.29, 1.82) is 0 Å². The number of aromatic nitrogens is 4. The molecule has 6 rings (SSSR count). The lowest BCUT2D eigenvalue weighted by atomic mass is 10.1. The number of oxazole rings is 1. The van der Waals surface area contributed by atoms with Gasteiger partial charge in [0.15, 0.2) is 0 Å². The molecule has 0 bridgehead atoms. The fourth-order valence-electron chi connectivity index (χ4n) is 4.62. The molecule has 0 aliphatic carbocycles. The molecule has 2 N–H and O–H groups in total. The number of nitrogens with zero attached hydrogens (tertiary/aromatic N) is 5. The summed E-state index contributed by atoms with van der Waals surface area (Å²) in [7, 11) is 0. The molecule has 192 valence electrons. The van der Waals surface area contributed by atoms with E-state index in [9.17, 15) is 13.6 Å². The molecule has 0 radical (unpaired) electrons. The second kappa shape index (κ2) is 9.92. The Bertz CT molecular complexity index is 1600. The predicted molar refractivity (Wildman–Crippen MR) is 138 cm³/mol. The molecule has 2 amide bonds. The molecule has 2 aromatic carbocycles. The molecule has 4 heterocycles. The van der Waals surface area contributed by atoms with Crippen LogP contribution in [0.3, 0.4) is 0 Å². The van der Waals surface area contributed by atoms with E-state index in [2.05, 4.69) is 20.6 Å². The first-order valence-corrected chi connectivity index (χ1v) is 12.2. The smallest absolute Gasteiger partial charge is 0.321 e. The molecule has 1 fully saturated rings. The molecule has 3 aromatic heterocycles. The van der Waals surface area contributed by atoms with Crippen molar-refractivity contribution in [1.82, 2.24) is 24.3 Å². The number of rotatable bonds is 5. The number of piperidine rings is 1. The lowest BCUT2D eigenvalue weighted by Gasteiger charge is -2.33. The van der Waals surface area contributed by atoms with E-state index < -0.39 is 5.82 Å². The first-order chi connectivity index (χ1) is 18.5. The molecule has 38 heavy (non-hydrogen) atoms. The molecule has 1 aliphatic rings. The van der Waals surface area contributed by atoms with Crippen LogP contribution in [0.4, 0.5) is 25.2 Å². The van der Waals surface area contributed by atoms with Crippen LogP contribution in [-0.4, -0.2) is 49.4 Å². The van der Waals surface area contributed by atoms with Crippen LogP contribution in [0.25, 0.3) is 28.5 Å². The van der Waals surface area contributed by atoms with E-state index in [4.69, 9.17) is 9.40 Å². The van der Waals surface area contributed by atoms with Crippen molar-refractivity contribution >= 4 is 23.5 Å². The highest BCUT2D eigenvalue weighted by molar-refractivity contribution is 5.89. The molecule has 0 unspecified atom stereocenters. The van der Waals surface area contributed by atoms with Crippen molar-refractivity contribution in [3.63, 3.8) is 0 Å². The highest BCUT2D eigenvalue weighted by Gasteiger charge is 2.25. The lowest BCUT2D eigenvalue weighted by molar-refractivity contribution is 0.195. The highest BCUT2D eigenvalue weighted by Crippen LogP contribution is 2.32. The topological polar surface area (TPSA) is 101 Å². The first-order valence-electron chi connectivity index (χ1n) is 12.2. The lowest BCUT2D eigenvalue weighted by Crippen LogP contribution is -2.47. The monoisotopic (exact) mass is 515 g/mol. The van der Waals surface area contributed by atoms with Gasteiger partial charge in [-0.15, -0.1) is 0 Å². The van der Waals surface area contributed by atoms with Gasteiger partial charge in [-0.05, 0) is 55.3 Å². The summed E-state index contributed by atoms with van der Waals surface area (Å²) >= 11 is 0. The molecule has 11 heteroatoms. The largest absolute Gasteiger partial charge is 0.432 e. The number of fused-ring (bicyclic) bond motifs is 1. The number of hydrogen-bond donors (Lipinski definition) is 2. The first kappa shape index (κ1) is 23.6. The SMILES string of the molecule is O=C(Nc1ccccc1F)N1CCC[C@@H](Nc2nccc(-c3c(-c4ccc(F)cc4)nc4occn34)n2)C1. The summed E-state index contributed by atoms with van der Waals surface area (Å²) in [5.41, 5.74) is 2.74. The van der Waals surface area contributed by atoms with Gasteiger partial charge in [-0.1, -0.05) is 12.1 Å². The zero-order valence-corrected chi connectivity index (χ0v) is 20.1. The number of urea groups is 1. The number of benzene rings is 2. The van der Waals surface area contributed by atoms with Crippen molar-refractivity contribution in [2.24, 2.45) is 0 Å². The van der Waals surface area contributed by atoms with Crippen LogP contribution in [0.2, 0.25) is 0 Å². The Kier molecular flexibility index (Phi) is 6.16. The Balaban J connectivity index is 1.22. The molecule has 5 aromatic rings. The quantitative estimate of drug-likeness (QED) is 0.323. The Hall–Kier alpha value is -4.80. The summed E-state index contributed by atoms with van der Waals surface area (Å²) in [6, 6.07) is 13.5. The predicted octanol–water partition coefficient (Wildman–Crippen LogP) is 5.44. The Morgan fingerprint density at radius 1 is 1.05 bits per heavy atom. The van der Waals surface area contributed by atoms with Crippen molar-refractivity contribution in [3.05, 3.63) is 84.9 Å². The van der Waals surface area contributed by atoms with E-state index in [1.807, 2.05) is 0 Å². The van der Waals surface area contributed by atoms with E-state index in [0.717, 1.165) is 18.4 Å². The maximum Gasteiger partial charge on any atom is 0.321 e. The Morgan fingerprint density at radius 2 is 1.89 bits per heavy atom. The number of nitrogens with one attached hydrogen (secondary N) is 2. The van der Waals surface area contributed by atoms with Gasteiger partial charge in [0.05, 0.1) is 11.4 Å². The normalized spacial score (nSPS) is 15.5. The number of carbonyl (C=O) groups is 1. The van der Waals surface area contributed by atoms with Crippen LogP contribution in [-0.2, 0) is 0 Å². The molecule has 1 saturated heterocycles. The average molecular weight is 516 g/mol. The van der Waals surface area contributed by atoms with Crippen LogP contribution in [0.1, 0.15) is 12.8 Å². The van der Waals surface area contributed by atoms with Crippen molar-refractivity contribution in [2.45, 2.75) is 18.9 Å². The molecular formula is C27H23F2N7O2.